The van der Waals surface area contributed by atoms with E-state index in [4.69, 9.17) is 5.26 Å². The zero-order valence-corrected chi connectivity index (χ0v) is 11.7. The molecular formula is C13H18N2O2S. The van der Waals surface area contributed by atoms with Gasteiger partial charge in [0.15, 0.2) is 0 Å². The molecule has 0 spiro atoms. The number of rotatable bonds is 5. The summed E-state index contributed by atoms with van der Waals surface area (Å²) >= 11 is 0. The van der Waals surface area contributed by atoms with E-state index in [1.807, 2.05) is 13.0 Å². The maximum atomic E-state index is 12.2. The van der Waals surface area contributed by atoms with Gasteiger partial charge in [-0.1, -0.05) is 26.0 Å². The molecule has 98 valence electrons. The number of benzene rings is 1. The van der Waals surface area contributed by atoms with Gasteiger partial charge in [-0.05, 0) is 37.5 Å². The minimum Gasteiger partial charge on any atom is -0.207 e. The lowest BCUT2D eigenvalue weighted by Gasteiger charge is -2.24. The van der Waals surface area contributed by atoms with E-state index < -0.39 is 15.6 Å². The molecule has 1 aromatic carbocycles. The van der Waals surface area contributed by atoms with Crippen molar-refractivity contribution < 1.29 is 8.42 Å². The van der Waals surface area contributed by atoms with Crippen LogP contribution in [0.25, 0.3) is 0 Å². The average Bonchev–Trinajstić information content (AvgIpc) is 2.36. The van der Waals surface area contributed by atoms with Crippen molar-refractivity contribution in [2.45, 2.75) is 44.0 Å². The second-order valence-corrected chi connectivity index (χ2v) is 6.01. The molecule has 0 aliphatic rings. The van der Waals surface area contributed by atoms with E-state index in [1.54, 1.807) is 26.0 Å². The van der Waals surface area contributed by atoms with Gasteiger partial charge < -0.3 is 0 Å². The standard InChI is InChI=1S/C13H18N2O2S/c1-4-13(5-2,10-14)15-18(16,17)12-8-6-7-11(3)9-12/h6-9,15H,4-5H2,1-3H3. The van der Waals surface area contributed by atoms with Crippen molar-refractivity contribution in [3.05, 3.63) is 29.8 Å². The van der Waals surface area contributed by atoms with E-state index in [9.17, 15) is 8.42 Å². The molecule has 18 heavy (non-hydrogen) atoms. The van der Waals surface area contributed by atoms with Crippen molar-refractivity contribution in [1.82, 2.24) is 4.72 Å². The van der Waals surface area contributed by atoms with Crippen molar-refractivity contribution in [3.63, 3.8) is 0 Å². The minimum atomic E-state index is -3.65. The third-order valence-electron chi connectivity index (χ3n) is 3.05. The lowest BCUT2D eigenvalue weighted by atomic mass is 9.97. The number of nitrogens with one attached hydrogen (secondary N) is 1. The van der Waals surface area contributed by atoms with Crippen LogP contribution < -0.4 is 4.72 Å². The van der Waals surface area contributed by atoms with E-state index in [0.29, 0.717) is 12.8 Å². The molecule has 0 radical (unpaired) electrons. The Labute approximate surface area is 109 Å². The summed E-state index contributed by atoms with van der Waals surface area (Å²) in [6.07, 6.45) is 0.871. The first kappa shape index (κ1) is 14.7. The number of hydrogen-bond donors (Lipinski definition) is 1. The summed E-state index contributed by atoms with van der Waals surface area (Å²) in [6.45, 7) is 5.42. The van der Waals surface area contributed by atoms with Crippen molar-refractivity contribution in [2.75, 3.05) is 0 Å². The second kappa shape index (κ2) is 5.51. The van der Waals surface area contributed by atoms with Crippen molar-refractivity contribution in [2.24, 2.45) is 0 Å². The van der Waals surface area contributed by atoms with Gasteiger partial charge in [0.1, 0.15) is 5.54 Å². The highest BCUT2D eigenvalue weighted by Gasteiger charge is 2.31. The first-order chi connectivity index (χ1) is 8.39. The Morgan fingerprint density at radius 2 is 1.94 bits per heavy atom. The van der Waals surface area contributed by atoms with Gasteiger partial charge in [0.2, 0.25) is 10.0 Å². The van der Waals surface area contributed by atoms with Crippen LogP contribution in [-0.2, 0) is 10.0 Å². The molecule has 0 heterocycles. The molecule has 0 unspecified atom stereocenters. The molecule has 0 bridgehead atoms. The topological polar surface area (TPSA) is 70.0 Å². The number of aryl methyl sites for hydroxylation is 1. The van der Waals surface area contributed by atoms with Crippen LogP contribution in [0.1, 0.15) is 32.3 Å². The van der Waals surface area contributed by atoms with E-state index in [-0.39, 0.29) is 4.90 Å². The molecule has 1 N–H and O–H groups in total. The maximum Gasteiger partial charge on any atom is 0.241 e. The Kier molecular flexibility index (Phi) is 4.49. The molecule has 1 rings (SSSR count). The van der Waals surface area contributed by atoms with Gasteiger partial charge in [0, 0.05) is 0 Å². The zero-order chi connectivity index (χ0) is 13.8. The molecule has 0 aliphatic heterocycles. The third kappa shape index (κ3) is 3.09. The molecular weight excluding hydrogens is 248 g/mol. The van der Waals surface area contributed by atoms with Gasteiger partial charge in [-0.15, -0.1) is 0 Å². The van der Waals surface area contributed by atoms with Crippen molar-refractivity contribution >= 4 is 10.0 Å². The van der Waals surface area contributed by atoms with Crippen molar-refractivity contribution in [3.8, 4) is 6.07 Å². The summed E-state index contributed by atoms with van der Waals surface area (Å²) in [7, 11) is -3.65. The molecule has 0 saturated carbocycles. The summed E-state index contributed by atoms with van der Waals surface area (Å²) in [5.74, 6) is 0. The smallest absolute Gasteiger partial charge is 0.207 e. The van der Waals surface area contributed by atoms with Gasteiger partial charge >= 0.3 is 0 Å². The number of sulfonamides is 1. The molecule has 1 aromatic rings. The fourth-order valence-electron chi connectivity index (χ4n) is 1.67. The lowest BCUT2D eigenvalue weighted by molar-refractivity contribution is 0.446. The van der Waals surface area contributed by atoms with Crippen LogP contribution in [0.4, 0.5) is 0 Å². The SMILES string of the molecule is CCC(C#N)(CC)NS(=O)(=O)c1cccc(C)c1. The normalized spacial score (nSPS) is 12.1. The highest BCUT2D eigenvalue weighted by atomic mass is 32.2. The molecule has 4 nitrogen and oxygen atoms in total. The number of nitrogens with zero attached hydrogens (tertiary/aromatic N) is 1. The van der Waals surface area contributed by atoms with E-state index in [2.05, 4.69) is 10.8 Å². The van der Waals surface area contributed by atoms with Gasteiger partial charge in [-0.3, -0.25) is 0 Å². The fraction of sp³-hybridized carbons (Fsp3) is 0.462. The van der Waals surface area contributed by atoms with Crippen LogP contribution in [0.3, 0.4) is 0 Å². The highest BCUT2D eigenvalue weighted by Crippen LogP contribution is 2.19. The summed E-state index contributed by atoms with van der Waals surface area (Å²) < 4.78 is 26.9. The van der Waals surface area contributed by atoms with Gasteiger partial charge in [0.25, 0.3) is 0 Å². The predicted octanol–water partition coefficient (Wildman–Crippen LogP) is 2.36. The van der Waals surface area contributed by atoms with Crippen LogP contribution in [-0.4, -0.2) is 14.0 Å². The summed E-state index contributed by atoms with van der Waals surface area (Å²) in [6, 6.07) is 8.71. The third-order valence-corrected chi connectivity index (χ3v) is 4.58. The zero-order valence-electron chi connectivity index (χ0n) is 10.9. The molecule has 0 amide bonds. The van der Waals surface area contributed by atoms with Crippen LogP contribution in [0.15, 0.2) is 29.2 Å². The summed E-state index contributed by atoms with van der Waals surface area (Å²) in [4.78, 5) is 0.198. The largest absolute Gasteiger partial charge is 0.241 e. The monoisotopic (exact) mass is 266 g/mol. The molecule has 0 aromatic heterocycles. The van der Waals surface area contributed by atoms with Gasteiger partial charge in [0.05, 0.1) is 11.0 Å². The average molecular weight is 266 g/mol. The van der Waals surface area contributed by atoms with E-state index in [1.165, 1.54) is 6.07 Å². The van der Waals surface area contributed by atoms with E-state index >= 15 is 0 Å². The van der Waals surface area contributed by atoms with Gasteiger partial charge in [-0.2, -0.15) is 9.98 Å². The van der Waals surface area contributed by atoms with Crippen molar-refractivity contribution in [1.29, 1.82) is 5.26 Å². The first-order valence-corrected chi connectivity index (χ1v) is 7.39. The van der Waals surface area contributed by atoms with Crippen LogP contribution >= 0.6 is 0 Å². The Bertz CT molecular complexity index is 555. The Morgan fingerprint density at radius 1 is 1.33 bits per heavy atom. The Hall–Kier alpha value is -1.38. The molecule has 5 heteroatoms. The molecule has 0 aliphatic carbocycles. The first-order valence-electron chi connectivity index (χ1n) is 5.91. The number of nitriles is 1. The molecule has 0 saturated heterocycles. The summed E-state index contributed by atoms with van der Waals surface area (Å²) in [5, 5.41) is 9.16. The maximum absolute atomic E-state index is 12.2. The Morgan fingerprint density at radius 3 is 2.39 bits per heavy atom. The van der Waals surface area contributed by atoms with Gasteiger partial charge in [-0.25, -0.2) is 8.42 Å². The van der Waals surface area contributed by atoms with E-state index in [0.717, 1.165) is 5.56 Å². The Balaban J connectivity index is 3.13. The lowest BCUT2D eigenvalue weighted by Crippen LogP contribution is -2.46. The van der Waals surface area contributed by atoms with Crippen LogP contribution in [0.5, 0.6) is 0 Å². The second-order valence-electron chi connectivity index (χ2n) is 4.32. The van der Waals surface area contributed by atoms with Crippen LogP contribution in [0, 0.1) is 18.3 Å². The quantitative estimate of drug-likeness (QED) is 0.889. The van der Waals surface area contributed by atoms with Crippen LogP contribution in [0.2, 0.25) is 0 Å². The summed E-state index contributed by atoms with van der Waals surface area (Å²) in [5.41, 5.74) is -0.156. The predicted molar refractivity (Wildman–Crippen MR) is 70.4 cm³/mol. The minimum absolute atomic E-state index is 0.198. The molecule has 0 fully saturated rings. The number of hydrogen-bond acceptors (Lipinski definition) is 3. The molecule has 0 atom stereocenters. The fourth-order valence-corrected chi connectivity index (χ4v) is 3.24. The highest BCUT2D eigenvalue weighted by molar-refractivity contribution is 7.89.